The quantitative estimate of drug-likeness (QED) is 0.632. The second-order valence-electron chi connectivity index (χ2n) is 7.46. The minimum atomic E-state index is -0.760. The topological polar surface area (TPSA) is 97.4 Å². The van der Waals surface area contributed by atoms with Gasteiger partial charge in [0.1, 0.15) is 12.7 Å². The predicted molar refractivity (Wildman–Crippen MR) is 116 cm³/mol. The summed E-state index contributed by atoms with van der Waals surface area (Å²) in [5.41, 5.74) is 1.78. The molecule has 1 unspecified atom stereocenters. The molecule has 0 radical (unpaired) electrons. The van der Waals surface area contributed by atoms with Crippen LogP contribution in [-0.2, 0) is 9.53 Å². The van der Waals surface area contributed by atoms with E-state index in [-0.39, 0.29) is 24.3 Å². The van der Waals surface area contributed by atoms with Crippen LogP contribution in [0.25, 0.3) is 0 Å². The lowest BCUT2D eigenvalue weighted by atomic mass is 10.0. The molecule has 0 saturated carbocycles. The average molecular weight is 439 g/mol. The fourth-order valence-corrected chi connectivity index (χ4v) is 4.24. The van der Waals surface area contributed by atoms with E-state index in [0.29, 0.717) is 53.4 Å². The van der Waals surface area contributed by atoms with Crippen LogP contribution in [0.4, 0.5) is 5.69 Å². The number of methoxy groups -OCH3 is 3. The van der Waals surface area contributed by atoms with Gasteiger partial charge in [-0.05, 0) is 24.6 Å². The number of anilines is 1. The molecule has 2 aromatic rings. The number of ether oxygens (including phenoxy) is 3. The molecule has 2 heterocycles. The molecule has 1 atom stereocenters. The van der Waals surface area contributed by atoms with Gasteiger partial charge < -0.3 is 24.4 Å². The number of amides is 3. The molecule has 168 valence electrons. The molecule has 4 rings (SSSR count). The van der Waals surface area contributed by atoms with Crippen LogP contribution in [0.3, 0.4) is 0 Å². The Hall–Kier alpha value is -3.59. The van der Waals surface area contributed by atoms with E-state index < -0.39 is 6.17 Å². The van der Waals surface area contributed by atoms with Gasteiger partial charge in [0.25, 0.3) is 11.8 Å². The Morgan fingerprint density at radius 2 is 1.81 bits per heavy atom. The number of nitrogens with zero attached hydrogens (tertiary/aromatic N) is 2. The number of carbonyl (C=O) groups is 3. The lowest BCUT2D eigenvalue weighted by Gasteiger charge is -2.40. The minimum absolute atomic E-state index is 0.192. The fourth-order valence-electron chi connectivity index (χ4n) is 4.24. The predicted octanol–water partition coefficient (Wildman–Crippen LogP) is 1.97. The molecule has 0 spiro atoms. The van der Waals surface area contributed by atoms with Crippen LogP contribution in [0.2, 0.25) is 0 Å². The van der Waals surface area contributed by atoms with E-state index in [2.05, 4.69) is 5.32 Å². The molecule has 0 fully saturated rings. The van der Waals surface area contributed by atoms with E-state index in [1.165, 1.54) is 19.1 Å². The van der Waals surface area contributed by atoms with Crippen molar-refractivity contribution in [3.63, 3.8) is 0 Å². The molecule has 32 heavy (non-hydrogen) atoms. The van der Waals surface area contributed by atoms with Crippen LogP contribution in [0.1, 0.15) is 38.9 Å². The van der Waals surface area contributed by atoms with Crippen molar-refractivity contribution in [2.24, 2.45) is 0 Å². The van der Waals surface area contributed by atoms with Crippen molar-refractivity contribution in [1.29, 1.82) is 0 Å². The Morgan fingerprint density at radius 3 is 2.53 bits per heavy atom. The molecule has 2 aliphatic heterocycles. The van der Waals surface area contributed by atoms with Crippen LogP contribution < -0.4 is 19.7 Å². The molecule has 9 heteroatoms. The molecular weight excluding hydrogens is 414 g/mol. The van der Waals surface area contributed by atoms with E-state index in [9.17, 15) is 14.4 Å². The van der Waals surface area contributed by atoms with Gasteiger partial charge in [-0.1, -0.05) is 18.2 Å². The number of hydrogen-bond acceptors (Lipinski definition) is 6. The monoisotopic (exact) mass is 439 g/mol. The Kier molecular flexibility index (Phi) is 6.00. The summed E-state index contributed by atoms with van der Waals surface area (Å²) < 4.78 is 15.9. The van der Waals surface area contributed by atoms with E-state index in [4.69, 9.17) is 14.2 Å². The zero-order valence-corrected chi connectivity index (χ0v) is 18.2. The number of carbonyl (C=O) groups excluding carboxylic acids is 3. The van der Waals surface area contributed by atoms with Crippen molar-refractivity contribution < 1.29 is 28.6 Å². The Balaban J connectivity index is 1.76. The molecule has 3 amide bonds. The first-order chi connectivity index (χ1) is 15.5. The van der Waals surface area contributed by atoms with Crippen molar-refractivity contribution in [3.05, 3.63) is 53.1 Å². The third kappa shape index (κ3) is 3.44. The lowest BCUT2D eigenvalue weighted by molar-refractivity contribution is -0.122. The minimum Gasteiger partial charge on any atom is -0.493 e. The Bertz CT molecular complexity index is 1070. The molecule has 1 N–H and O–H groups in total. The lowest BCUT2D eigenvalue weighted by Crippen LogP contribution is -2.51. The largest absolute Gasteiger partial charge is 0.493 e. The van der Waals surface area contributed by atoms with Crippen LogP contribution in [0, 0.1) is 0 Å². The number of para-hydroxylation sites is 1. The van der Waals surface area contributed by atoms with Gasteiger partial charge in [0.05, 0.1) is 31.0 Å². The third-order valence-corrected chi connectivity index (χ3v) is 5.64. The highest BCUT2D eigenvalue weighted by Crippen LogP contribution is 2.49. The maximum absolute atomic E-state index is 13.6. The summed E-state index contributed by atoms with van der Waals surface area (Å²) in [6.07, 6.45) is -0.100. The van der Waals surface area contributed by atoms with Crippen LogP contribution >= 0.6 is 0 Å². The van der Waals surface area contributed by atoms with Gasteiger partial charge in [0, 0.05) is 25.8 Å². The SMILES string of the molecule is COCCCNC(=O)CN1C(=O)c2ccccc2N2C(=O)c3c(ccc(OC)c3OC)C12. The first-order valence-corrected chi connectivity index (χ1v) is 10.3. The summed E-state index contributed by atoms with van der Waals surface area (Å²) in [4.78, 5) is 42.6. The summed E-state index contributed by atoms with van der Waals surface area (Å²) in [6.45, 7) is 0.763. The molecule has 0 bridgehead atoms. The Morgan fingerprint density at radius 1 is 1.03 bits per heavy atom. The smallest absolute Gasteiger partial charge is 0.264 e. The highest BCUT2D eigenvalue weighted by molar-refractivity contribution is 6.18. The average Bonchev–Trinajstić information content (AvgIpc) is 3.11. The van der Waals surface area contributed by atoms with Crippen LogP contribution in [0.15, 0.2) is 36.4 Å². The molecule has 2 aromatic carbocycles. The van der Waals surface area contributed by atoms with E-state index >= 15 is 0 Å². The summed E-state index contributed by atoms with van der Waals surface area (Å²) in [7, 11) is 4.56. The summed E-state index contributed by atoms with van der Waals surface area (Å²) in [6, 6.07) is 10.3. The zero-order chi connectivity index (χ0) is 22.8. The summed E-state index contributed by atoms with van der Waals surface area (Å²) in [5.74, 6) is -0.217. The van der Waals surface area contributed by atoms with E-state index in [0.717, 1.165) is 0 Å². The zero-order valence-electron chi connectivity index (χ0n) is 18.2. The molecule has 0 aromatic heterocycles. The third-order valence-electron chi connectivity index (χ3n) is 5.64. The second-order valence-corrected chi connectivity index (χ2v) is 7.46. The number of hydrogen-bond donors (Lipinski definition) is 1. The first-order valence-electron chi connectivity index (χ1n) is 10.3. The molecule has 9 nitrogen and oxygen atoms in total. The standard InChI is InChI=1S/C23H25N3O6/c1-30-12-6-11-24-18(27)13-25-21-15-9-10-17(31-2)20(32-3)19(15)23(29)26(21)16-8-5-4-7-14(16)22(25)28/h4-5,7-10,21H,6,11-13H2,1-3H3,(H,24,27). The van der Waals surface area contributed by atoms with Crippen LogP contribution in [0.5, 0.6) is 11.5 Å². The van der Waals surface area contributed by atoms with Gasteiger partial charge in [-0.25, -0.2) is 0 Å². The van der Waals surface area contributed by atoms with E-state index in [1.54, 1.807) is 48.4 Å². The van der Waals surface area contributed by atoms with Crippen molar-refractivity contribution in [1.82, 2.24) is 10.2 Å². The van der Waals surface area contributed by atoms with Crippen molar-refractivity contribution in [2.75, 3.05) is 45.9 Å². The molecule has 2 aliphatic rings. The van der Waals surface area contributed by atoms with Crippen molar-refractivity contribution in [2.45, 2.75) is 12.6 Å². The number of fused-ring (bicyclic) bond motifs is 5. The van der Waals surface area contributed by atoms with Gasteiger partial charge >= 0.3 is 0 Å². The van der Waals surface area contributed by atoms with Crippen molar-refractivity contribution >= 4 is 23.4 Å². The van der Waals surface area contributed by atoms with Gasteiger partial charge in [-0.15, -0.1) is 0 Å². The van der Waals surface area contributed by atoms with Gasteiger partial charge in [-0.3, -0.25) is 19.3 Å². The normalized spacial score (nSPS) is 16.4. The van der Waals surface area contributed by atoms with Gasteiger partial charge in [0.15, 0.2) is 11.5 Å². The summed E-state index contributed by atoms with van der Waals surface area (Å²) in [5, 5.41) is 2.80. The van der Waals surface area contributed by atoms with Crippen LogP contribution in [-0.4, -0.2) is 63.6 Å². The molecule has 0 saturated heterocycles. The Labute approximate surface area is 185 Å². The van der Waals surface area contributed by atoms with E-state index in [1.807, 2.05) is 0 Å². The highest BCUT2D eigenvalue weighted by Gasteiger charge is 2.50. The van der Waals surface area contributed by atoms with Gasteiger partial charge in [0.2, 0.25) is 5.91 Å². The molecular formula is C23H25N3O6. The van der Waals surface area contributed by atoms with Crippen molar-refractivity contribution in [3.8, 4) is 11.5 Å². The molecule has 0 aliphatic carbocycles. The number of benzene rings is 2. The number of rotatable bonds is 8. The first kappa shape index (κ1) is 21.6. The highest BCUT2D eigenvalue weighted by atomic mass is 16.5. The van der Waals surface area contributed by atoms with Gasteiger partial charge in [-0.2, -0.15) is 0 Å². The summed E-state index contributed by atoms with van der Waals surface area (Å²) >= 11 is 0. The second kappa shape index (κ2) is 8.88. The maximum atomic E-state index is 13.6. The fraction of sp³-hybridized carbons (Fsp3) is 0.348. The number of nitrogens with one attached hydrogen (secondary N) is 1. The maximum Gasteiger partial charge on any atom is 0.264 e.